The molecule has 1 aromatic carbocycles. The summed E-state index contributed by atoms with van der Waals surface area (Å²) in [5, 5.41) is 10.5. The number of esters is 1. The lowest BCUT2D eigenvalue weighted by Gasteiger charge is -2.42. The number of aliphatic hydroxyl groups is 1. The summed E-state index contributed by atoms with van der Waals surface area (Å²) in [6.45, 7) is 6.56. The maximum Gasteiger partial charge on any atom is 0.347 e. The van der Waals surface area contributed by atoms with Crippen molar-refractivity contribution in [3.63, 3.8) is 0 Å². The number of Topliss-reactive ketones (excluding diaryl/α,β-unsaturated/α-hetero) is 1. The summed E-state index contributed by atoms with van der Waals surface area (Å²) in [5.74, 6) is -0.269. The van der Waals surface area contributed by atoms with E-state index in [4.69, 9.17) is 18.9 Å². The molecule has 2 aliphatic rings. The Balaban J connectivity index is 2.29. The van der Waals surface area contributed by atoms with Gasteiger partial charge in [-0.25, -0.2) is 4.79 Å². The van der Waals surface area contributed by atoms with Crippen molar-refractivity contribution in [3.8, 4) is 11.5 Å². The fourth-order valence-electron chi connectivity index (χ4n) is 3.44. The first-order valence-corrected chi connectivity index (χ1v) is 8.22. The van der Waals surface area contributed by atoms with Gasteiger partial charge in [0.25, 0.3) is 0 Å². The number of hydrogen-bond acceptors (Lipinski definition) is 7. The molecule has 0 spiro atoms. The Hall–Kier alpha value is -2.38. The Morgan fingerprint density at radius 1 is 1.19 bits per heavy atom. The fourth-order valence-corrected chi connectivity index (χ4v) is 3.44. The Labute approximate surface area is 151 Å². The molecular weight excluding hydrogens is 340 g/mol. The molecule has 0 unspecified atom stereocenters. The summed E-state index contributed by atoms with van der Waals surface area (Å²) in [6, 6.07) is 1.73. The van der Waals surface area contributed by atoms with Gasteiger partial charge in [-0.1, -0.05) is 0 Å². The van der Waals surface area contributed by atoms with Crippen molar-refractivity contribution < 1.29 is 33.6 Å². The molecule has 1 aromatic rings. The molecular formula is C19H22O7. The van der Waals surface area contributed by atoms with Gasteiger partial charge in [-0.05, 0) is 39.3 Å². The van der Waals surface area contributed by atoms with Crippen LogP contribution in [0.15, 0.2) is 17.4 Å². The van der Waals surface area contributed by atoms with Crippen LogP contribution in [0, 0.1) is 13.8 Å². The van der Waals surface area contributed by atoms with Crippen molar-refractivity contribution in [1.82, 2.24) is 0 Å². The molecule has 7 heteroatoms. The standard InChI is InChI=1S/C19H22O7/c1-8-7-11(23-5)9(2)14-12(8)18(22)26-15-10(3)13(20)16(21)19(4,24-6)17(15)25-14/h7,16-17,21H,1-6H3/t16-,17+,19-/m0/s1. The van der Waals surface area contributed by atoms with Crippen LogP contribution >= 0.6 is 0 Å². The summed E-state index contributed by atoms with van der Waals surface area (Å²) < 4.78 is 22.5. The Morgan fingerprint density at radius 3 is 2.42 bits per heavy atom. The van der Waals surface area contributed by atoms with Crippen molar-refractivity contribution >= 4 is 11.8 Å². The lowest BCUT2D eigenvalue weighted by Crippen LogP contribution is -2.60. The second-order valence-corrected chi connectivity index (χ2v) is 6.76. The van der Waals surface area contributed by atoms with Crippen LogP contribution in [0.2, 0.25) is 0 Å². The average molecular weight is 362 g/mol. The number of ketones is 1. The molecule has 0 fully saturated rings. The molecule has 1 heterocycles. The lowest BCUT2D eigenvalue weighted by atomic mass is 9.79. The van der Waals surface area contributed by atoms with Gasteiger partial charge in [0.2, 0.25) is 0 Å². The SMILES string of the molecule is COc1cc(C)c2c(c1C)O[C@@H]1C(=C(C)C(=O)[C@H](O)[C@]1(C)OC)OC2=O. The first kappa shape index (κ1) is 18.4. The van der Waals surface area contributed by atoms with Crippen LogP contribution in [0.5, 0.6) is 11.5 Å². The topological polar surface area (TPSA) is 91.3 Å². The molecule has 0 radical (unpaired) electrons. The molecule has 1 N–H and O–H groups in total. The molecule has 0 aromatic heterocycles. The minimum Gasteiger partial charge on any atom is -0.496 e. The number of carbonyl (C=O) groups excluding carboxylic acids is 2. The molecule has 0 bridgehead atoms. The Kier molecular flexibility index (Phi) is 4.32. The molecule has 26 heavy (non-hydrogen) atoms. The molecule has 0 saturated carbocycles. The summed E-state index contributed by atoms with van der Waals surface area (Å²) in [6.07, 6.45) is -2.43. The zero-order valence-electron chi connectivity index (χ0n) is 15.6. The molecule has 3 atom stereocenters. The highest BCUT2D eigenvalue weighted by atomic mass is 16.6. The van der Waals surface area contributed by atoms with Crippen molar-refractivity contribution in [2.24, 2.45) is 0 Å². The van der Waals surface area contributed by atoms with E-state index in [2.05, 4.69) is 0 Å². The molecule has 140 valence electrons. The van der Waals surface area contributed by atoms with Gasteiger partial charge in [0.1, 0.15) is 28.8 Å². The highest BCUT2D eigenvalue weighted by Gasteiger charge is 2.56. The van der Waals surface area contributed by atoms with Crippen LogP contribution in [-0.2, 0) is 14.3 Å². The normalized spacial score (nSPS) is 28.0. The lowest BCUT2D eigenvalue weighted by molar-refractivity contribution is -0.166. The largest absolute Gasteiger partial charge is 0.496 e. The van der Waals surface area contributed by atoms with E-state index < -0.39 is 29.6 Å². The number of aliphatic hydroxyl groups excluding tert-OH is 1. The third-order valence-electron chi connectivity index (χ3n) is 5.27. The second kappa shape index (κ2) is 6.10. The quantitative estimate of drug-likeness (QED) is 0.803. The Morgan fingerprint density at radius 2 is 1.85 bits per heavy atom. The van der Waals surface area contributed by atoms with E-state index >= 15 is 0 Å². The van der Waals surface area contributed by atoms with Gasteiger partial charge in [0, 0.05) is 18.2 Å². The maximum absolute atomic E-state index is 12.8. The van der Waals surface area contributed by atoms with E-state index in [1.807, 2.05) is 0 Å². The zero-order valence-corrected chi connectivity index (χ0v) is 15.6. The van der Waals surface area contributed by atoms with Gasteiger partial charge in [-0.15, -0.1) is 0 Å². The molecule has 0 saturated heterocycles. The second-order valence-electron chi connectivity index (χ2n) is 6.76. The first-order valence-electron chi connectivity index (χ1n) is 8.22. The van der Waals surface area contributed by atoms with E-state index in [0.29, 0.717) is 22.6 Å². The number of hydrogen-bond donors (Lipinski definition) is 1. The molecule has 1 aliphatic carbocycles. The number of benzene rings is 1. The fraction of sp³-hybridized carbons (Fsp3) is 0.474. The van der Waals surface area contributed by atoms with E-state index in [9.17, 15) is 14.7 Å². The Bertz CT molecular complexity index is 839. The van der Waals surface area contributed by atoms with E-state index in [1.165, 1.54) is 21.1 Å². The number of rotatable bonds is 2. The van der Waals surface area contributed by atoms with Crippen molar-refractivity contribution in [2.45, 2.75) is 45.5 Å². The summed E-state index contributed by atoms with van der Waals surface area (Å²) >= 11 is 0. The van der Waals surface area contributed by atoms with Crippen molar-refractivity contribution in [3.05, 3.63) is 34.1 Å². The molecule has 1 aliphatic heterocycles. The predicted octanol–water partition coefficient (Wildman–Crippen LogP) is 1.85. The number of fused-ring (bicyclic) bond motifs is 2. The molecule has 7 nitrogen and oxygen atoms in total. The minimum atomic E-state index is -1.45. The summed E-state index contributed by atoms with van der Waals surface area (Å²) in [5.41, 5.74) is 0.222. The first-order chi connectivity index (χ1) is 12.2. The van der Waals surface area contributed by atoms with Crippen molar-refractivity contribution in [1.29, 1.82) is 0 Å². The summed E-state index contributed by atoms with van der Waals surface area (Å²) in [7, 11) is 2.90. The monoisotopic (exact) mass is 362 g/mol. The minimum absolute atomic E-state index is 0.0589. The third kappa shape index (κ3) is 2.34. The maximum atomic E-state index is 12.8. The smallest absolute Gasteiger partial charge is 0.347 e. The molecule has 0 amide bonds. The van der Waals surface area contributed by atoms with E-state index in [0.717, 1.165) is 0 Å². The van der Waals surface area contributed by atoms with Gasteiger partial charge in [-0.2, -0.15) is 0 Å². The van der Waals surface area contributed by atoms with E-state index in [-0.39, 0.29) is 16.9 Å². The van der Waals surface area contributed by atoms with Crippen LogP contribution in [0.3, 0.4) is 0 Å². The molecule has 3 rings (SSSR count). The van der Waals surface area contributed by atoms with Crippen LogP contribution in [0.1, 0.15) is 35.3 Å². The van der Waals surface area contributed by atoms with Gasteiger partial charge in [-0.3, -0.25) is 4.79 Å². The predicted molar refractivity (Wildman–Crippen MR) is 91.4 cm³/mol. The van der Waals surface area contributed by atoms with E-state index in [1.54, 1.807) is 26.8 Å². The van der Waals surface area contributed by atoms with Gasteiger partial charge >= 0.3 is 5.97 Å². The van der Waals surface area contributed by atoms with Crippen LogP contribution in [0.25, 0.3) is 0 Å². The average Bonchev–Trinajstić information content (AvgIpc) is 2.78. The number of carbonyl (C=O) groups is 2. The van der Waals surface area contributed by atoms with Gasteiger partial charge < -0.3 is 24.1 Å². The number of ether oxygens (including phenoxy) is 4. The summed E-state index contributed by atoms with van der Waals surface area (Å²) in [4.78, 5) is 25.2. The van der Waals surface area contributed by atoms with Crippen LogP contribution < -0.4 is 9.47 Å². The van der Waals surface area contributed by atoms with Crippen LogP contribution in [0.4, 0.5) is 0 Å². The highest BCUT2D eigenvalue weighted by Crippen LogP contribution is 2.44. The van der Waals surface area contributed by atoms with Gasteiger partial charge in [0.15, 0.2) is 17.6 Å². The van der Waals surface area contributed by atoms with Crippen molar-refractivity contribution in [2.75, 3.05) is 14.2 Å². The van der Waals surface area contributed by atoms with Crippen LogP contribution in [-0.4, -0.2) is 48.9 Å². The zero-order chi connectivity index (χ0) is 19.4. The number of methoxy groups -OCH3 is 2. The highest BCUT2D eigenvalue weighted by molar-refractivity contribution is 6.03. The van der Waals surface area contributed by atoms with Gasteiger partial charge in [0.05, 0.1) is 7.11 Å². The number of aryl methyl sites for hydroxylation is 1. The third-order valence-corrected chi connectivity index (χ3v) is 5.27.